The number of carbonyl (C=O) groups excluding carboxylic acids is 3. The highest BCUT2D eigenvalue weighted by Crippen LogP contribution is 2.33. The van der Waals surface area contributed by atoms with E-state index in [1.807, 2.05) is 48.2 Å². The number of thiophene rings is 1. The van der Waals surface area contributed by atoms with Crippen LogP contribution in [-0.4, -0.2) is 84.5 Å². The van der Waals surface area contributed by atoms with Crippen molar-refractivity contribution in [3.05, 3.63) is 70.6 Å². The highest BCUT2D eigenvalue weighted by Gasteiger charge is 2.43. The molecule has 0 unspecified atom stereocenters. The number of ether oxygens (including phenoxy) is 1. The molecule has 1 atom stereocenters. The van der Waals surface area contributed by atoms with E-state index in [0.717, 1.165) is 86.3 Å². The van der Waals surface area contributed by atoms with Gasteiger partial charge >= 0.3 is 0 Å². The summed E-state index contributed by atoms with van der Waals surface area (Å²) in [5, 5.41) is 7.52. The third kappa shape index (κ3) is 7.76. The SMILES string of the molecule is Cc1ccc2cc(C(=O)NC3(C(=O)N[C@@H](CCC(=O)N4CCN(C5CCOCC5)CC4)Cc4ccccc4)CCCC3)sc2c1. The normalized spacial score (nSPS) is 19.8. The number of amides is 3. The molecular formula is C36H46N4O4S. The average molecular weight is 631 g/mol. The van der Waals surface area contributed by atoms with E-state index in [0.29, 0.717) is 43.0 Å². The van der Waals surface area contributed by atoms with Gasteiger partial charge in [0.05, 0.1) is 4.88 Å². The standard InChI is InChI=1S/C36H46N4O4S/c1-26-9-10-28-25-32(45-31(28)23-26)34(42)38-36(15-5-6-16-36)35(43)37-29(24-27-7-3-2-4-8-27)11-12-33(41)40-19-17-39(18-20-40)30-13-21-44-22-14-30/h2-4,7-10,23,25,29-30H,5-6,11-22,24H2,1H3,(H,37,43)(H,38,42)/t29-/m0/s1. The second kappa shape index (κ2) is 14.4. The molecule has 2 N–H and O–H groups in total. The van der Waals surface area contributed by atoms with Crippen molar-refractivity contribution in [3.63, 3.8) is 0 Å². The fourth-order valence-electron chi connectivity index (χ4n) is 7.21. The van der Waals surface area contributed by atoms with Crippen LogP contribution in [0.15, 0.2) is 54.6 Å². The summed E-state index contributed by atoms with van der Waals surface area (Å²) in [6.45, 7) is 7.01. The van der Waals surface area contributed by atoms with Gasteiger partial charge in [-0.1, -0.05) is 55.3 Å². The van der Waals surface area contributed by atoms with Gasteiger partial charge in [0.25, 0.3) is 5.91 Å². The lowest BCUT2D eigenvalue weighted by Crippen LogP contribution is -2.59. The van der Waals surface area contributed by atoms with Crippen LogP contribution < -0.4 is 10.6 Å². The summed E-state index contributed by atoms with van der Waals surface area (Å²) in [5.41, 5.74) is 1.33. The number of hydrogen-bond acceptors (Lipinski definition) is 6. The first kappa shape index (κ1) is 31.7. The zero-order valence-electron chi connectivity index (χ0n) is 26.4. The fourth-order valence-corrected chi connectivity index (χ4v) is 8.26. The van der Waals surface area contributed by atoms with Gasteiger partial charge in [0.2, 0.25) is 11.8 Å². The highest BCUT2D eigenvalue weighted by atomic mass is 32.1. The molecule has 1 aromatic heterocycles. The van der Waals surface area contributed by atoms with Crippen molar-refractivity contribution in [2.24, 2.45) is 0 Å². The molecule has 3 aliphatic rings. The Kier molecular flexibility index (Phi) is 10.2. The molecule has 45 heavy (non-hydrogen) atoms. The Morgan fingerprint density at radius 2 is 1.71 bits per heavy atom. The average Bonchev–Trinajstić information content (AvgIpc) is 3.72. The number of piperazine rings is 1. The number of nitrogens with zero attached hydrogens (tertiary/aromatic N) is 2. The summed E-state index contributed by atoms with van der Waals surface area (Å²) in [7, 11) is 0. The van der Waals surface area contributed by atoms with Crippen LogP contribution in [0, 0.1) is 6.92 Å². The van der Waals surface area contributed by atoms with Gasteiger partial charge in [-0.25, -0.2) is 0 Å². The first-order valence-corrected chi connectivity index (χ1v) is 17.5. The smallest absolute Gasteiger partial charge is 0.262 e. The first-order chi connectivity index (χ1) is 21.9. The number of hydrogen-bond donors (Lipinski definition) is 2. The van der Waals surface area contributed by atoms with Gasteiger partial charge in [-0.3, -0.25) is 19.3 Å². The van der Waals surface area contributed by atoms with Crippen molar-refractivity contribution in [3.8, 4) is 0 Å². The Bertz CT molecular complexity index is 1470. The Morgan fingerprint density at radius 1 is 0.978 bits per heavy atom. The van der Waals surface area contributed by atoms with Crippen LogP contribution in [0.5, 0.6) is 0 Å². The lowest BCUT2D eigenvalue weighted by molar-refractivity contribution is -0.134. The first-order valence-electron chi connectivity index (χ1n) is 16.7. The molecule has 2 aliphatic heterocycles. The van der Waals surface area contributed by atoms with Crippen LogP contribution in [0.4, 0.5) is 0 Å². The lowest BCUT2D eigenvalue weighted by atomic mass is 9.93. The van der Waals surface area contributed by atoms with E-state index in [1.54, 1.807) is 0 Å². The predicted molar refractivity (Wildman–Crippen MR) is 179 cm³/mol. The monoisotopic (exact) mass is 630 g/mol. The summed E-state index contributed by atoms with van der Waals surface area (Å²) in [5.74, 6) is -0.179. The quantitative estimate of drug-likeness (QED) is 0.326. The summed E-state index contributed by atoms with van der Waals surface area (Å²) < 4.78 is 6.60. The van der Waals surface area contributed by atoms with E-state index in [9.17, 15) is 14.4 Å². The van der Waals surface area contributed by atoms with Crippen LogP contribution in [0.1, 0.15) is 72.2 Å². The van der Waals surface area contributed by atoms with Crippen LogP contribution in [0.2, 0.25) is 0 Å². The zero-order valence-corrected chi connectivity index (χ0v) is 27.2. The van der Waals surface area contributed by atoms with Crippen molar-refractivity contribution < 1.29 is 19.1 Å². The molecule has 3 fully saturated rings. The molecule has 240 valence electrons. The summed E-state index contributed by atoms with van der Waals surface area (Å²) in [4.78, 5) is 46.1. The van der Waals surface area contributed by atoms with E-state index in [-0.39, 0.29) is 23.8 Å². The molecule has 3 heterocycles. The maximum Gasteiger partial charge on any atom is 0.262 e. The van der Waals surface area contributed by atoms with Crippen LogP contribution in [-0.2, 0) is 20.7 Å². The van der Waals surface area contributed by atoms with E-state index in [1.165, 1.54) is 11.3 Å². The van der Waals surface area contributed by atoms with Crippen molar-refractivity contribution in [2.75, 3.05) is 39.4 Å². The molecule has 9 heteroatoms. The maximum absolute atomic E-state index is 14.1. The number of aryl methyl sites for hydroxylation is 1. The van der Waals surface area contributed by atoms with Gasteiger partial charge < -0.3 is 20.3 Å². The molecule has 6 rings (SSSR count). The molecule has 1 saturated carbocycles. The summed E-state index contributed by atoms with van der Waals surface area (Å²) >= 11 is 1.47. The zero-order chi connectivity index (χ0) is 31.2. The molecule has 0 spiro atoms. The predicted octanol–water partition coefficient (Wildman–Crippen LogP) is 5.08. The van der Waals surface area contributed by atoms with Gasteiger partial charge in [-0.05, 0) is 74.1 Å². The highest BCUT2D eigenvalue weighted by molar-refractivity contribution is 7.20. The van der Waals surface area contributed by atoms with Crippen molar-refractivity contribution in [1.82, 2.24) is 20.4 Å². The van der Waals surface area contributed by atoms with E-state index < -0.39 is 5.54 Å². The minimum absolute atomic E-state index is 0.135. The van der Waals surface area contributed by atoms with Crippen molar-refractivity contribution in [2.45, 2.75) is 82.3 Å². The largest absolute Gasteiger partial charge is 0.381 e. The third-order valence-electron chi connectivity index (χ3n) is 9.88. The molecule has 2 aromatic carbocycles. The Hall–Kier alpha value is -3.27. The molecular weight excluding hydrogens is 584 g/mol. The third-order valence-corrected chi connectivity index (χ3v) is 11.0. The van der Waals surface area contributed by atoms with Gasteiger partial charge in [0.15, 0.2) is 0 Å². The van der Waals surface area contributed by atoms with Crippen LogP contribution in [0.25, 0.3) is 10.1 Å². The van der Waals surface area contributed by atoms with E-state index >= 15 is 0 Å². The Balaban J connectivity index is 1.09. The summed E-state index contributed by atoms with van der Waals surface area (Å²) in [6.07, 6.45) is 6.72. The molecule has 3 aromatic rings. The lowest BCUT2D eigenvalue weighted by Gasteiger charge is -2.40. The number of rotatable bonds is 10. The molecule has 3 amide bonds. The van der Waals surface area contributed by atoms with Crippen LogP contribution >= 0.6 is 11.3 Å². The number of benzene rings is 2. The van der Waals surface area contributed by atoms with Gasteiger partial charge in [-0.2, -0.15) is 0 Å². The molecule has 8 nitrogen and oxygen atoms in total. The topological polar surface area (TPSA) is 91.0 Å². The molecule has 1 aliphatic carbocycles. The van der Waals surface area contributed by atoms with Gasteiger partial charge in [-0.15, -0.1) is 11.3 Å². The minimum Gasteiger partial charge on any atom is -0.381 e. The van der Waals surface area contributed by atoms with E-state index in [4.69, 9.17) is 4.74 Å². The van der Waals surface area contributed by atoms with Gasteiger partial charge in [0.1, 0.15) is 5.54 Å². The summed E-state index contributed by atoms with van der Waals surface area (Å²) in [6, 6.07) is 18.6. The number of fused-ring (bicyclic) bond motifs is 1. The van der Waals surface area contributed by atoms with E-state index in [2.05, 4.69) is 33.7 Å². The van der Waals surface area contributed by atoms with Crippen molar-refractivity contribution in [1.29, 1.82) is 0 Å². The molecule has 0 bridgehead atoms. The fraction of sp³-hybridized carbons (Fsp3) is 0.528. The van der Waals surface area contributed by atoms with Crippen molar-refractivity contribution >= 4 is 39.1 Å². The maximum atomic E-state index is 14.1. The molecule has 2 saturated heterocycles. The Morgan fingerprint density at radius 3 is 2.44 bits per heavy atom. The second-order valence-electron chi connectivity index (χ2n) is 13.1. The number of carbonyl (C=O) groups is 3. The second-order valence-corrected chi connectivity index (χ2v) is 14.1. The minimum atomic E-state index is -0.942. The van der Waals surface area contributed by atoms with Gasteiger partial charge in [0, 0.05) is 62.6 Å². The van der Waals surface area contributed by atoms with Crippen LogP contribution in [0.3, 0.4) is 0 Å². The number of nitrogens with one attached hydrogen (secondary N) is 2. The Labute approximate surface area is 270 Å². The molecule has 0 radical (unpaired) electrons.